The number of allylic oxidation sites excluding steroid dienone is 5. The van der Waals surface area contributed by atoms with Gasteiger partial charge in [-0.3, -0.25) is 0 Å². The van der Waals surface area contributed by atoms with Crippen molar-refractivity contribution >= 4 is 0 Å². The molecule has 0 heterocycles. The van der Waals surface area contributed by atoms with Crippen LogP contribution in [0, 0.1) is 11.8 Å². The molecule has 13 heavy (non-hydrogen) atoms. The lowest BCUT2D eigenvalue weighted by Gasteiger charge is -2.22. The lowest BCUT2D eigenvalue weighted by atomic mass is 9.83. The molecule has 0 heteroatoms. The fraction of sp³-hybridized carbons (Fsp3) is 0.538. The molecule has 1 aliphatic rings. The Hall–Kier alpha value is -0.780. The molecule has 0 nitrogen and oxygen atoms in total. The average molecular weight is 176 g/mol. The highest BCUT2D eigenvalue weighted by Crippen LogP contribution is 2.30. The molecule has 2 unspecified atom stereocenters. The standard InChI is InChI=1S/C13H20/c1-5-10(2)12(4)13-9-7-6-8-11(13)3/h6-7,9-11H,4-5,8H2,1-3H3. The first-order valence-corrected chi connectivity index (χ1v) is 5.22. The van der Waals surface area contributed by atoms with Crippen LogP contribution in [0.4, 0.5) is 0 Å². The third-order valence-corrected chi connectivity index (χ3v) is 3.01. The predicted molar refractivity (Wildman–Crippen MR) is 59.6 cm³/mol. The van der Waals surface area contributed by atoms with Crippen molar-refractivity contribution in [3.8, 4) is 0 Å². The monoisotopic (exact) mass is 176 g/mol. The smallest absolute Gasteiger partial charge is 0.0153 e. The molecule has 0 aliphatic heterocycles. The molecule has 0 amide bonds. The lowest BCUT2D eigenvalue weighted by Crippen LogP contribution is -2.08. The van der Waals surface area contributed by atoms with E-state index in [2.05, 4.69) is 45.6 Å². The molecule has 0 spiro atoms. The Balaban J connectivity index is 2.75. The van der Waals surface area contributed by atoms with Gasteiger partial charge in [0, 0.05) is 0 Å². The van der Waals surface area contributed by atoms with Crippen LogP contribution in [-0.2, 0) is 0 Å². The van der Waals surface area contributed by atoms with Crippen molar-refractivity contribution in [2.24, 2.45) is 11.8 Å². The number of hydrogen-bond donors (Lipinski definition) is 0. The van der Waals surface area contributed by atoms with E-state index in [-0.39, 0.29) is 0 Å². The number of hydrogen-bond acceptors (Lipinski definition) is 0. The molecule has 0 saturated heterocycles. The normalized spacial score (nSPS) is 23.9. The Labute approximate surface area is 82.0 Å². The van der Waals surface area contributed by atoms with Crippen LogP contribution in [-0.4, -0.2) is 0 Å². The van der Waals surface area contributed by atoms with Crippen LogP contribution in [0.1, 0.15) is 33.6 Å². The molecular formula is C13H20. The van der Waals surface area contributed by atoms with Crippen LogP contribution in [0.25, 0.3) is 0 Å². The van der Waals surface area contributed by atoms with Gasteiger partial charge in [0.15, 0.2) is 0 Å². The maximum Gasteiger partial charge on any atom is -0.0153 e. The largest absolute Gasteiger partial charge is 0.0953 e. The summed E-state index contributed by atoms with van der Waals surface area (Å²) in [6.45, 7) is 11.0. The van der Waals surface area contributed by atoms with Crippen LogP contribution in [0.3, 0.4) is 0 Å². The van der Waals surface area contributed by atoms with E-state index < -0.39 is 0 Å². The Morgan fingerprint density at radius 3 is 2.92 bits per heavy atom. The Morgan fingerprint density at radius 1 is 1.69 bits per heavy atom. The minimum absolute atomic E-state index is 0.625. The third kappa shape index (κ3) is 2.33. The van der Waals surface area contributed by atoms with E-state index in [1.807, 2.05) is 0 Å². The lowest BCUT2D eigenvalue weighted by molar-refractivity contribution is 0.614. The summed E-state index contributed by atoms with van der Waals surface area (Å²) in [4.78, 5) is 0. The summed E-state index contributed by atoms with van der Waals surface area (Å²) in [5.74, 6) is 1.28. The van der Waals surface area contributed by atoms with Crippen molar-refractivity contribution in [2.75, 3.05) is 0 Å². The Kier molecular flexibility index (Phi) is 3.53. The summed E-state index contributed by atoms with van der Waals surface area (Å²) in [5, 5.41) is 0. The molecule has 0 fully saturated rings. The fourth-order valence-electron chi connectivity index (χ4n) is 1.70. The molecule has 0 saturated carbocycles. The molecule has 0 aromatic heterocycles. The molecule has 2 atom stereocenters. The molecule has 0 N–H and O–H groups in total. The summed E-state index contributed by atoms with van der Waals surface area (Å²) in [6, 6.07) is 0. The van der Waals surface area contributed by atoms with E-state index in [0.29, 0.717) is 11.8 Å². The fourth-order valence-corrected chi connectivity index (χ4v) is 1.70. The van der Waals surface area contributed by atoms with Crippen molar-refractivity contribution in [1.82, 2.24) is 0 Å². The second kappa shape index (κ2) is 4.45. The highest BCUT2D eigenvalue weighted by atomic mass is 14.2. The topological polar surface area (TPSA) is 0 Å². The summed E-state index contributed by atoms with van der Waals surface area (Å²) in [6.07, 6.45) is 8.97. The molecule has 72 valence electrons. The van der Waals surface area contributed by atoms with Gasteiger partial charge in [-0.1, -0.05) is 45.6 Å². The predicted octanol–water partition coefficient (Wildman–Crippen LogP) is 4.11. The molecule has 0 aromatic rings. The van der Waals surface area contributed by atoms with Crippen molar-refractivity contribution in [3.05, 3.63) is 36.0 Å². The first-order chi connectivity index (χ1) is 6.16. The second-order valence-electron chi connectivity index (χ2n) is 4.02. The van der Waals surface area contributed by atoms with Gasteiger partial charge >= 0.3 is 0 Å². The first kappa shape index (κ1) is 10.3. The summed E-state index contributed by atoms with van der Waals surface area (Å²) < 4.78 is 0. The van der Waals surface area contributed by atoms with E-state index in [0.717, 1.165) is 0 Å². The van der Waals surface area contributed by atoms with Gasteiger partial charge in [-0.2, -0.15) is 0 Å². The summed E-state index contributed by atoms with van der Waals surface area (Å²) in [7, 11) is 0. The Morgan fingerprint density at radius 2 is 2.38 bits per heavy atom. The van der Waals surface area contributed by atoms with Crippen LogP contribution in [0.5, 0.6) is 0 Å². The maximum absolute atomic E-state index is 4.20. The molecule has 0 radical (unpaired) electrons. The van der Waals surface area contributed by atoms with E-state index in [4.69, 9.17) is 0 Å². The van der Waals surface area contributed by atoms with Crippen LogP contribution in [0.15, 0.2) is 36.0 Å². The van der Waals surface area contributed by atoms with Crippen molar-refractivity contribution < 1.29 is 0 Å². The van der Waals surface area contributed by atoms with E-state index in [9.17, 15) is 0 Å². The second-order valence-corrected chi connectivity index (χ2v) is 4.02. The Bertz CT molecular complexity index is 243. The van der Waals surface area contributed by atoms with Crippen molar-refractivity contribution in [2.45, 2.75) is 33.6 Å². The highest BCUT2D eigenvalue weighted by molar-refractivity contribution is 5.37. The number of rotatable bonds is 3. The molecule has 0 bridgehead atoms. The average Bonchev–Trinajstić information content (AvgIpc) is 2.16. The minimum atomic E-state index is 0.625. The van der Waals surface area contributed by atoms with Gasteiger partial charge in [0.1, 0.15) is 0 Å². The van der Waals surface area contributed by atoms with Crippen molar-refractivity contribution in [1.29, 1.82) is 0 Å². The molecule has 1 rings (SSSR count). The van der Waals surface area contributed by atoms with Gasteiger partial charge in [-0.25, -0.2) is 0 Å². The minimum Gasteiger partial charge on any atom is -0.0953 e. The first-order valence-electron chi connectivity index (χ1n) is 5.22. The zero-order valence-corrected chi connectivity index (χ0v) is 9.01. The van der Waals surface area contributed by atoms with E-state index in [1.165, 1.54) is 24.0 Å². The van der Waals surface area contributed by atoms with Gasteiger partial charge in [-0.05, 0) is 35.8 Å². The summed E-state index contributed by atoms with van der Waals surface area (Å²) >= 11 is 0. The van der Waals surface area contributed by atoms with Gasteiger partial charge in [0.25, 0.3) is 0 Å². The molecule has 1 aliphatic carbocycles. The van der Waals surface area contributed by atoms with E-state index >= 15 is 0 Å². The zero-order chi connectivity index (χ0) is 9.84. The van der Waals surface area contributed by atoms with Gasteiger partial charge in [0.05, 0.1) is 0 Å². The quantitative estimate of drug-likeness (QED) is 0.607. The van der Waals surface area contributed by atoms with Crippen LogP contribution < -0.4 is 0 Å². The SMILES string of the molecule is C=C(C1=CC=CCC1C)C(C)CC. The highest BCUT2D eigenvalue weighted by Gasteiger charge is 2.15. The van der Waals surface area contributed by atoms with Crippen LogP contribution in [0.2, 0.25) is 0 Å². The van der Waals surface area contributed by atoms with Crippen LogP contribution >= 0.6 is 0 Å². The van der Waals surface area contributed by atoms with Crippen molar-refractivity contribution in [3.63, 3.8) is 0 Å². The van der Waals surface area contributed by atoms with Gasteiger partial charge in [-0.15, -0.1) is 0 Å². The molecular weight excluding hydrogens is 156 g/mol. The van der Waals surface area contributed by atoms with Gasteiger partial charge in [0.2, 0.25) is 0 Å². The van der Waals surface area contributed by atoms with Gasteiger partial charge < -0.3 is 0 Å². The molecule has 0 aromatic carbocycles. The third-order valence-electron chi connectivity index (χ3n) is 3.01. The maximum atomic E-state index is 4.20. The van der Waals surface area contributed by atoms with E-state index in [1.54, 1.807) is 0 Å². The zero-order valence-electron chi connectivity index (χ0n) is 9.01. The summed E-state index contributed by atoms with van der Waals surface area (Å²) in [5.41, 5.74) is 2.79.